The lowest BCUT2D eigenvalue weighted by atomic mass is 10.3. The van der Waals surface area contributed by atoms with Gasteiger partial charge in [-0.15, -0.1) is 0 Å². The number of hydrogen-bond donors (Lipinski definition) is 1. The molecular formula is C14H5F2N5O4. The van der Waals surface area contributed by atoms with Crippen molar-refractivity contribution in [1.82, 2.24) is 15.3 Å². The Bertz CT molecular complexity index is 860. The maximum atomic E-state index is 13.3. The van der Waals surface area contributed by atoms with Crippen molar-refractivity contribution < 1.29 is 27.8 Å². The molecule has 11 heteroatoms. The van der Waals surface area contributed by atoms with Crippen LogP contribution < -0.4 is 14.8 Å². The summed E-state index contributed by atoms with van der Waals surface area (Å²) in [5, 5.41) is 18.7. The average molecular weight is 345 g/mol. The van der Waals surface area contributed by atoms with Gasteiger partial charge in [0.2, 0.25) is 0 Å². The minimum absolute atomic E-state index is 0.368. The Hall–Kier alpha value is -4.12. The maximum absolute atomic E-state index is 13.3. The first-order chi connectivity index (χ1) is 11.9. The number of ether oxygens (including phenoxy) is 2. The van der Waals surface area contributed by atoms with Crippen LogP contribution >= 0.6 is 0 Å². The first kappa shape index (κ1) is 17.2. The van der Waals surface area contributed by atoms with E-state index in [4.69, 9.17) is 10.5 Å². The summed E-state index contributed by atoms with van der Waals surface area (Å²) in [5.41, 5.74) is -0.995. The van der Waals surface area contributed by atoms with E-state index in [1.807, 2.05) is 0 Å². The van der Waals surface area contributed by atoms with Crippen molar-refractivity contribution in [3.8, 4) is 23.6 Å². The van der Waals surface area contributed by atoms with Crippen LogP contribution in [0.5, 0.6) is 11.5 Å². The molecule has 25 heavy (non-hydrogen) atoms. The highest BCUT2D eigenvalue weighted by molar-refractivity contribution is 5.89. The van der Waals surface area contributed by atoms with Gasteiger partial charge < -0.3 is 9.47 Å². The normalized spacial score (nSPS) is 9.44. The lowest BCUT2D eigenvalue weighted by Crippen LogP contribution is -2.35. The molecule has 1 N–H and O–H groups in total. The van der Waals surface area contributed by atoms with Gasteiger partial charge in [0.15, 0.2) is 34.5 Å². The number of rotatable bonds is 2. The molecule has 0 spiro atoms. The average Bonchev–Trinajstić information content (AvgIpc) is 2.55. The molecule has 2 heterocycles. The van der Waals surface area contributed by atoms with Crippen molar-refractivity contribution in [2.24, 2.45) is 0 Å². The van der Waals surface area contributed by atoms with E-state index in [0.29, 0.717) is 0 Å². The van der Waals surface area contributed by atoms with Crippen LogP contribution in [0, 0.1) is 34.3 Å². The minimum Gasteiger partial charge on any atom is -0.408 e. The Morgan fingerprint density at radius 1 is 0.920 bits per heavy atom. The van der Waals surface area contributed by atoms with Crippen LogP contribution in [0.25, 0.3) is 0 Å². The van der Waals surface area contributed by atoms with E-state index in [-0.39, 0.29) is 11.5 Å². The molecule has 2 aromatic rings. The number of amides is 2. The molecule has 0 aliphatic carbocycles. The van der Waals surface area contributed by atoms with E-state index in [1.54, 1.807) is 5.32 Å². The van der Waals surface area contributed by atoms with Gasteiger partial charge >= 0.3 is 12.2 Å². The Labute approximate surface area is 138 Å². The van der Waals surface area contributed by atoms with Crippen LogP contribution in [0.2, 0.25) is 0 Å². The van der Waals surface area contributed by atoms with E-state index in [0.717, 1.165) is 24.5 Å². The van der Waals surface area contributed by atoms with Crippen molar-refractivity contribution >= 4 is 12.2 Å². The quantitative estimate of drug-likeness (QED) is 0.869. The summed E-state index contributed by atoms with van der Waals surface area (Å²) in [6.45, 7) is 0. The van der Waals surface area contributed by atoms with Crippen molar-refractivity contribution in [2.75, 3.05) is 0 Å². The molecule has 0 aliphatic heterocycles. The summed E-state index contributed by atoms with van der Waals surface area (Å²) in [7, 11) is 0. The van der Waals surface area contributed by atoms with Crippen LogP contribution in [-0.4, -0.2) is 22.2 Å². The van der Waals surface area contributed by atoms with Crippen LogP contribution in [0.4, 0.5) is 18.4 Å². The second-order valence-corrected chi connectivity index (χ2v) is 4.13. The van der Waals surface area contributed by atoms with Gasteiger partial charge in [-0.05, 0) is 0 Å². The standard InChI is InChI=1S/C14H5F2N5O4/c15-9-1-7(5-19-11(9)3-17)24-13(22)21-14(23)25-8-2-10(16)12(4-18)20-6-8/h1-2,5-6H,(H,21,22,23). The van der Waals surface area contributed by atoms with E-state index < -0.39 is 35.2 Å². The lowest BCUT2D eigenvalue weighted by Gasteiger charge is -2.06. The van der Waals surface area contributed by atoms with E-state index >= 15 is 0 Å². The number of halogens is 2. The Kier molecular flexibility index (Phi) is 5.12. The van der Waals surface area contributed by atoms with Gasteiger partial charge in [-0.1, -0.05) is 0 Å². The third-order valence-corrected chi connectivity index (χ3v) is 2.47. The first-order valence-electron chi connectivity index (χ1n) is 6.25. The summed E-state index contributed by atoms with van der Waals surface area (Å²) < 4.78 is 35.7. The number of pyridine rings is 2. The monoisotopic (exact) mass is 345 g/mol. The molecule has 0 aliphatic rings. The first-order valence-corrected chi connectivity index (χ1v) is 6.25. The fourth-order valence-corrected chi connectivity index (χ4v) is 1.47. The van der Waals surface area contributed by atoms with Gasteiger partial charge in [-0.25, -0.2) is 33.7 Å². The second kappa shape index (κ2) is 7.43. The van der Waals surface area contributed by atoms with Crippen LogP contribution in [0.15, 0.2) is 24.5 Å². The van der Waals surface area contributed by atoms with Gasteiger partial charge in [0, 0.05) is 12.1 Å². The number of aromatic nitrogens is 2. The highest BCUT2D eigenvalue weighted by atomic mass is 19.1. The molecule has 2 amide bonds. The van der Waals surface area contributed by atoms with Gasteiger partial charge in [0.05, 0.1) is 12.4 Å². The fraction of sp³-hybridized carbons (Fsp3) is 0. The Balaban J connectivity index is 1.95. The highest BCUT2D eigenvalue weighted by Crippen LogP contribution is 2.14. The van der Waals surface area contributed by atoms with E-state index in [1.165, 1.54) is 12.1 Å². The van der Waals surface area contributed by atoms with Crippen molar-refractivity contribution in [2.45, 2.75) is 0 Å². The topological polar surface area (TPSA) is 138 Å². The summed E-state index contributed by atoms with van der Waals surface area (Å²) in [4.78, 5) is 29.7. The van der Waals surface area contributed by atoms with Crippen LogP contribution in [0.3, 0.4) is 0 Å². The molecule has 2 aromatic heterocycles. The van der Waals surface area contributed by atoms with E-state index in [2.05, 4.69) is 19.4 Å². The molecule has 124 valence electrons. The summed E-state index contributed by atoms with van der Waals surface area (Å²) in [5.74, 6) is -2.77. The molecule has 2 rings (SSSR count). The number of carbonyl (C=O) groups excluding carboxylic acids is 2. The van der Waals surface area contributed by atoms with Crippen molar-refractivity contribution in [3.05, 3.63) is 47.5 Å². The number of carbonyl (C=O) groups is 2. The summed E-state index contributed by atoms with van der Waals surface area (Å²) in [6, 6.07) is 4.39. The van der Waals surface area contributed by atoms with Gasteiger partial charge in [-0.2, -0.15) is 10.5 Å². The molecule has 0 bridgehead atoms. The van der Waals surface area contributed by atoms with Crippen molar-refractivity contribution in [1.29, 1.82) is 10.5 Å². The predicted octanol–water partition coefficient (Wildman–Crippen LogP) is 1.79. The Morgan fingerprint density at radius 2 is 1.32 bits per heavy atom. The van der Waals surface area contributed by atoms with Gasteiger partial charge in [0.25, 0.3) is 0 Å². The summed E-state index contributed by atoms with van der Waals surface area (Å²) in [6.07, 6.45) is -0.880. The smallest absolute Gasteiger partial charge is 0.408 e. The van der Waals surface area contributed by atoms with E-state index in [9.17, 15) is 18.4 Å². The van der Waals surface area contributed by atoms with Crippen LogP contribution in [-0.2, 0) is 0 Å². The summed E-state index contributed by atoms with van der Waals surface area (Å²) >= 11 is 0. The molecule has 0 saturated heterocycles. The zero-order valence-corrected chi connectivity index (χ0v) is 12.0. The largest absolute Gasteiger partial charge is 0.422 e. The highest BCUT2D eigenvalue weighted by Gasteiger charge is 2.15. The van der Waals surface area contributed by atoms with Crippen LogP contribution in [0.1, 0.15) is 11.4 Å². The Morgan fingerprint density at radius 3 is 1.64 bits per heavy atom. The van der Waals surface area contributed by atoms with Crippen molar-refractivity contribution in [3.63, 3.8) is 0 Å². The molecule has 9 nitrogen and oxygen atoms in total. The third-order valence-electron chi connectivity index (χ3n) is 2.47. The number of hydrogen-bond acceptors (Lipinski definition) is 8. The zero-order chi connectivity index (χ0) is 18.4. The van der Waals surface area contributed by atoms with Gasteiger partial charge in [0.1, 0.15) is 12.1 Å². The second-order valence-electron chi connectivity index (χ2n) is 4.13. The number of nitrogens with one attached hydrogen (secondary N) is 1. The molecule has 0 saturated carbocycles. The lowest BCUT2D eigenvalue weighted by molar-refractivity contribution is 0.181. The number of nitrogens with zero attached hydrogens (tertiary/aromatic N) is 4. The molecule has 0 fully saturated rings. The number of imide groups is 1. The number of nitriles is 2. The molecular weight excluding hydrogens is 340 g/mol. The van der Waals surface area contributed by atoms with Gasteiger partial charge in [-0.3, -0.25) is 0 Å². The molecule has 0 aromatic carbocycles. The molecule has 0 radical (unpaired) electrons. The third kappa shape index (κ3) is 4.43. The zero-order valence-electron chi connectivity index (χ0n) is 12.0. The minimum atomic E-state index is -1.34. The predicted molar refractivity (Wildman–Crippen MR) is 73.0 cm³/mol. The SMILES string of the molecule is N#Cc1ncc(OC(=O)NC(=O)Oc2cnc(C#N)c(F)c2)cc1F. The fourth-order valence-electron chi connectivity index (χ4n) is 1.47. The molecule has 0 atom stereocenters. The molecule has 0 unspecified atom stereocenters. The maximum Gasteiger partial charge on any atom is 0.422 e.